The standard InChI is InChI=1S/C41H47N5O6/c1-2-41-32(39(49)44-18-20-45(21-19-44)40(50)35-11-7-23-52-35)24-29(26-36(47)42-16-14-27-8-4-3-5-9-27)38(48)46(41)17-15-31-30-13-12-28(34-10-6-22-51-34)25-33(30)43-37(31)41/h6-8,10-13,22-23,25,29,32,43H,2-5,9,14-21,24,26H2,1H3,(H,42,47)/t29-,32-,41+/m1/s1. The number of hydrogen-bond acceptors (Lipinski definition) is 6. The molecule has 6 heterocycles. The number of nitrogens with one attached hydrogen (secondary N) is 2. The van der Waals surface area contributed by atoms with E-state index in [1.807, 2.05) is 21.9 Å². The number of aromatic amines is 1. The van der Waals surface area contributed by atoms with Gasteiger partial charge in [0.15, 0.2) is 5.76 Å². The second kappa shape index (κ2) is 14.2. The van der Waals surface area contributed by atoms with Crippen LogP contribution in [0.5, 0.6) is 0 Å². The van der Waals surface area contributed by atoms with Crippen molar-refractivity contribution in [3.05, 3.63) is 83.7 Å². The van der Waals surface area contributed by atoms with Crippen molar-refractivity contribution in [2.24, 2.45) is 11.8 Å². The van der Waals surface area contributed by atoms with E-state index >= 15 is 0 Å². The number of nitrogens with zero attached hydrogens (tertiary/aromatic N) is 3. The van der Waals surface area contributed by atoms with E-state index in [0.717, 1.165) is 52.7 Å². The van der Waals surface area contributed by atoms with Crippen LogP contribution in [0.25, 0.3) is 22.2 Å². The maximum Gasteiger partial charge on any atom is 0.289 e. The molecule has 11 nitrogen and oxygen atoms in total. The molecule has 4 amide bonds. The molecule has 2 N–H and O–H groups in total. The van der Waals surface area contributed by atoms with E-state index in [1.165, 1.54) is 24.7 Å². The average molecular weight is 706 g/mol. The molecule has 52 heavy (non-hydrogen) atoms. The Labute approximate surface area is 303 Å². The van der Waals surface area contributed by atoms with Gasteiger partial charge in [-0.05, 0) is 87.3 Å². The molecule has 11 heteroatoms. The summed E-state index contributed by atoms with van der Waals surface area (Å²) in [5.41, 5.74) is 4.41. The molecule has 0 radical (unpaired) electrons. The van der Waals surface area contributed by atoms with Gasteiger partial charge in [0.1, 0.15) is 5.76 Å². The van der Waals surface area contributed by atoms with Gasteiger partial charge in [-0.15, -0.1) is 0 Å². The van der Waals surface area contributed by atoms with Crippen LogP contribution in [0.3, 0.4) is 0 Å². The lowest BCUT2D eigenvalue weighted by atomic mass is 9.65. The number of aromatic nitrogens is 1. The molecule has 0 spiro atoms. The lowest BCUT2D eigenvalue weighted by molar-refractivity contribution is -0.167. The van der Waals surface area contributed by atoms with Gasteiger partial charge in [-0.3, -0.25) is 19.2 Å². The predicted molar refractivity (Wildman–Crippen MR) is 195 cm³/mol. The molecule has 2 fully saturated rings. The Bertz CT molecular complexity index is 1990. The number of benzene rings is 1. The predicted octanol–water partition coefficient (Wildman–Crippen LogP) is 6.03. The molecule has 0 bridgehead atoms. The molecule has 3 atom stereocenters. The number of piperazine rings is 1. The highest BCUT2D eigenvalue weighted by atomic mass is 16.3. The third-order valence-corrected chi connectivity index (χ3v) is 12.0. The SMILES string of the molecule is CC[C@]12c3[nH]c4cc(-c5ccco5)ccc4c3CCN1C(=O)[C@@H](CC(=O)NCCC1=CCCCC1)C[C@@H]2C(=O)N1CCN(C(=O)c2ccco2)CC1. The highest BCUT2D eigenvalue weighted by molar-refractivity contribution is 5.94. The quantitative estimate of drug-likeness (QED) is 0.205. The Morgan fingerprint density at radius 2 is 1.77 bits per heavy atom. The maximum atomic E-state index is 14.9. The number of H-pyrrole nitrogens is 1. The van der Waals surface area contributed by atoms with Crippen LogP contribution in [0.4, 0.5) is 0 Å². The van der Waals surface area contributed by atoms with E-state index in [4.69, 9.17) is 8.83 Å². The van der Waals surface area contributed by atoms with Gasteiger partial charge >= 0.3 is 0 Å². The Kier molecular flexibility index (Phi) is 9.27. The van der Waals surface area contributed by atoms with Gasteiger partial charge in [0, 0.05) is 73.8 Å². The lowest BCUT2D eigenvalue weighted by Gasteiger charge is -2.56. The Hall–Kier alpha value is -5.06. The van der Waals surface area contributed by atoms with Crippen LogP contribution in [0.15, 0.2) is 75.5 Å². The first kappa shape index (κ1) is 34.0. The summed E-state index contributed by atoms with van der Waals surface area (Å²) in [6.45, 7) is 4.60. The van der Waals surface area contributed by atoms with Gasteiger partial charge in [-0.2, -0.15) is 0 Å². The molecule has 0 unspecified atom stereocenters. The molecule has 272 valence electrons. The van der Waals surface area contributed by atoms with Crippen molar-refractivity contribution in [3.63, 3.8) is 0 Å². The van der Waals surface area contributed by atoms with Gasteiger partial charge in [-0.1, -0.05) is 30.7 Å². The molecule has 3 aliphatic heterocycles. The maximum absolute atomic E-state index is 14.9. The third-order valence-electron chi connectivity index (χ3n) is 12.0. The second-order valence-electron chi connectivity index (χ2n) is 14.7. The smallest absolute Gasteiger partial charge is 0.289 e. The first-order valence-corrected chi connectivity index (χ1v) is 18.9. The van der Waals surface area contributed by atoms with Crippen LogP contribution in [0.2, 0.25) is 0 Å². The Morgan fingerprint density at radius 3 is 2.50 bits per heavy atom. The van der Waals surface area contributed by atoms with Crippen molar-refractivity contribution >= 4 is 34.5 Å². The van der Waals surface area contributed by atoms with Crippen molar-refractivity contribution < 1.29 is 28.0 Å². The topological polar surface area (TPSA) is 132 Å². The minimum Gasteiger partial charge on any atom is -0.464 e. The number of carbonyl (C=O) groups is 4. The van der Waals surface area contributed by atoms with Crippen LogP contribution >= 0.6 is 0 Å². The van der Waals surface area contributed by atoms with Gasteiger partial charge in [-0.25, -0.2) is 0 Å². The van der Waals surface area contributed by atoms with Crippen molar-refractivity contribution in [3.8, 4) is 11.3 Å². The minimum atomic E-state index is -0.910. The van der Waals surface area contributed by atoms with Crippen molar-refractivity contribution in [1.29, 1.82) is 0 Å². The van der Waals surface area contributed by atoms with Gasteiger partial charge < -0.3 is 33.8 Å². The lowest BCUT2D eigenvalue weighted by Crippen LogP contribution is -2.66. The summed E-state index contributed by atoms with van der Waals surface area (Å²) in [7, 11) is 0. The van der Waals surface area contributed by atoms with Crippen molar-refractivity contribution in [2.45, 2.75) is 70.3 Å². The molecule has 0 saturated carbocycles. The molecule has 2 saturated heterocycles. The summed E-state index contributed by atoms with van der Waals surface area (Å²) in [5.74, 6) is -0.581. The van der Waals surface area contributed by atoms with E-state index in [9.17, 15) is 19.2 Å². The average Bonchev–Trinajstić information content (AvgIpc) is 3.98. The van der Waals surface area contributed by atoms with Gasteiger partial charge in [0.05, 0.1) is 24.0 Å². The van der Waals surface area contributed by atoms with E-state index < -0.39 is 17.4 Å². The largest absolute Gasteiger partial charge is 0.464 e. The van der Waals surface area contributed by atoms with Gasteiger partial charge in [0.25, 0.3) is 5.91 Å². The number of allylic oxidation sites excluding steroid dienone is 1. The third kappa shape index (κ3) is 6.03. The molecular formula is C41H47N5O6. The first-order valence-electron chi connectivity index (χ1n) is 18.9. The fourth-order valence-electron chi connectivity index (χ4n) is 9.30. The number of fused-ring (bicyclic) bond motifs is 5. The molecule has 4 aliphatic rings. The Balaban J connectivity index is 1.09. The summed E-state index contributed by atoms with van der Waals surface area (Å²) in [5, 5.41) is 4.15. The summed E-state index contributed by atoms with van der Waals surface area (Å²) < 4.78 is 11.0. The van der Waals surface area contributed by atoms with E-state index in [2.05, 4.69) is 41.5 Å². The second-order valence-corrected chi connectivity index (χ2v) is 14.7. The van der Waals surface area contributed by atoms with Crippen LogP contribution < -0.4 is 5.32 Å². The number of furan rings is 2. The zero-order valence-corrected chi connectivity index (χ0v) is 29.8. The van der Waals surface area contributed by atoms with Crippen LogP contribution in [0.1, 0.15) is 80.1 Å². The normalized spacial score (nSPS) is 23.3. The zero-order valence-electron chi connectivity index (χ0n) is 29.8. The molecule has 4 aromatic rings. The zero-order chi connectivity index (χ0) is 35.8. The summed E-state index contributed by atoms with van der Waals surface area (Å²) >= 11 is 0. The van der Waals surface area contributed by atoms with E-state index in [1.54, 1.807) is 23.3 Å². The molecule has 3 aromatic heterocycles. The highest BCUT2D eigenvalue weighted by Gasteiger charge is 2.59. The molecule has 8 rings (SSSR count). The van der Waals surface area contributed by atoms with Gasteiger partial charge in [0.2, 0.25) is 17.7 Å². The summed E-state index contributed by atoms with van der Waals surface area (Å²) in [4.78, 5) is 65.1. The highest BCUT2D eigenvalue weighted by Crippen LogP contribution is 2.52. The summed E-state index contributed by atoms with van der Waals surface area (Å²) in [6.07, 6.45) is 12.4. The van der Waals surface area contributed by atoms with Crippen molar-refractivity contribution in [2.75, 3.05) is 39.3 Å². The fraction of sp³-hybridized carbons (Fsp3) is 0.463. The molecule has 1 aliphatic carbocycles. The first-order chi connectivity index (χ1) is 25.4. The van der Waals surface area contributed by atoms with E-state index in [-0.39, 0.29) is 42.2 Å². The van der Waals surface area contributed by atoms with Crippen molar-refractivity contribution in [1.82, 2.24) is 25.0 Å². The van der Waals surface area contributed by atoms with E-state index in [0.29, 0.717) is 52.1 Å². The Morgan fingerprint density at radius 1 is 0.962 bits per heavy atom. The fourth-order valence-corrected chi connectivity index (χ4v) is 9.30. The number of piperidine rings is 1. The molecular weight excluding hydrogens is 658 g/mol. The van der Waals surface area contributed by atoms with Crippen LogP contribution in [0, 0.1) is 11.8 Å². The van der Waals surface area contributed by atoms with Crippen LogP contribution in [-0.2, 0) is 26.3 Å². The number of amides is 4. The molecule has 1 aromatic carbocycles. The number of hydrogen-bond donors (Lipinski definition) is 2. The summed E-state index contributed by atoms with van der Waals surface area (Å²) in [6, 6.07) is 13.4. The monoisotopic (exact) mass is 705 g/mol. The van der Waals surface area contributed by atoms with Crippen LogP contribution in [-0.4, -0.2) is 82.6 Å². The number of rotatable bonds is 9. The number of carbonyl (C=O) groups excluding carboxylic acids is 4. The minimum absolute atomic E-state index is 0.0399.